The van der Waals surface area contributed by atoms with Crippen LogP contribution in [0.5, 0.6) is 0 Å². The largest absolute Gasteiger partial charge is 0.477 e. The molecule has 5 N–H and O–H groups in total. The van der Waals surface area contributed by atoms with Gasteiger partial charge >= 0.3 is 11.7 Å². The summed E-state index contributed by atoms with van der Waals surface area (Å²) in [5, 5.41) is 31.6. The molecule has 0 amide bonds. The Morgan fingerprint density at radius 2 is 2.17 bits per heavy atom. The van der Waals surface area contributed by atoms with E-state index in [9.17, 15) is 24.6 Å². The molecule has 0 aromatic carbocycles. The third-order valence-corrected chi connectivity index (χ3v) is 4.34. The van der Waals surface area contributed by atoms with Crippen LogP contribution >= 0.6 is 0 Å². The number of aliphatic hydroxyl groups is 2. The van der Waals surface area contributed by atoms with Gasteiger partial charge in [-0.1, -0.05) is 0 Å². The van der Waals surface area contributed by atoms with Gasteiger partial charge in [0.2, 0.25) is 0 Å². The summed E-state index contributed by atoms with van der Waals surface area (Å²) >= 11 is 0. The van der Waals surface area contributed by atoms with Gasteiger partial charge in [0.05, 0.1) is 6.61 Å². The molecule has 0 saturated carbocycles. The predicted molar refractivity (Wildman–Crippen MR) is 78.7 cm³/mol. The van der Waals surface area contributed by atoms with Gasteiger partial charge in [-0.2, -0.15) is 0 Å². The first-order valence-corrected chi connectivity index (χ1v) is 6.99. The van der Waals surface area contributed by atoms with E-state index in [1.807, 2.05) is 4.98 Å². The minimum Gasteiger partial charge on any atom is -0.477 e. The predicted octanol–water partition coefficient (Wildman–Crippen LogP) is -2.78. The summed E-state index contributed by atoms with van der Waals surface area (Å²) in [4.78, 5) is 36.9. The number of aromatic nitrogens is 2. The number of likely N-dealkylation sites (N-methyl/N-ethyl adjacent to an activating group) is 1. The Bertz CT molecular complexity index is 752. The van der Waals surface area contributed by atoms with Gasteiger partial charge in [-0.3, -0.25) is 19.7 Å². The van der Waals surface area contributed by atoms with Gasteiger partial charge in [-0.15, -0.1) is 0 Å². The molecule has 11 nitrogen and oxygen atoms in total. The number of carboxylic acids is 1. The smallest absolute Gasteiger partial charge is 0.342 e. The van der Waals surface area contributed by atoms with Crippen molar-refractivity contribution in [3.05, 3.63) is 32.6 Å². The molecule has 1 aromatic rings. The fourth-order valence-electron chi connectivity index (χ4n) is 3.09. The first kappa shape index (κ1) is 18.3. The van der Waals surface area contributed by atoms with Crippen molar-refractivity contribution in [2.24, 2.45) is 0 Å². The molecule has 1 aromatic heterocycles. The van der Waals surface area contributed by atoms with Crippen LogP contribution in [0.4, 0.5) is 0 Å². The van der Waals surface area contributed by atoms with Gasteiger partial charge in [0.25, 0.3) is 5.56 Å². The summed E-state index contributed by atoms with van der Waals surface area (Å²) in [5.74, 6) is -1.54. The molecule has 4 atom stereocenters. The fourth-order valence-corrected chi connectivity index (χ4v) is 3.09. The van der Waals surface area contributed by atoms with Gasteiger partial charge in [0, 0.05) is 13.3 Å². The van der Waals surface area contributed by atoms with Crippen molar-refractivity contribution in [1.29, 1.82) is 0 Å². The summed E-state index contributed by atoms with van der Waals surface area (Å²) in [7, 11) is 2.68. The molecular formula is C13H19N3O8. The van der Waals surface area contributed by atoms with E-state index in [1.165, 1.54) is 21.1 Å². The topological polar surface area (TPSA) is 163 Å². The van der Waals surface area contributed by atoms with Crippen molar-refractivity contribution in [3.8, 4) is 0 Å². The highest BCUT2D eigenvalue weighted by molar-refractivity contribution is 5.86. The molecular weight excluding hydrogens is 326 g/mol. The minimum absolute atomic E-state index is 0.576. The number of nitrogens with zero attached hydrogens (tertiary/aromatic N) is 1. The van der Waals surface area contributed by atoms with Crippen molar-refractivity contribution >= 4 is 5.97 Å². The number of H-pyrrole nitrogens is 1. The van der Waals surface area contributed by atoms with Crippen molar-refractivity contribution in [2.45, 2.75) is 30.6 Å². The van der Waals surface area contributed by atoms with Crippen molar-refractivity contribution in [3.63, 3.8) is 0 Å². The monoisotopic (exact) mass is 345 g/mol. The number of rotatable bonds is 5. The highest BCUT2D eigenvalue weighted by Gasteiger charge is 2.65. The standard InChI is InChI=1S/C13H19N3O8/c1-12(13(14-2,23-3)8(18)7(5-17)24-12)16-4-6(10(20)21)9(19)15-11(16)22/h4,7-8,14,17-18H,5H2,1-3H3,(H,20,21)(H,15,19,22)/t7-,8-,12-,13-/m1/s1. The van der Waals surface area contributed by atoms with Crippen LogP contribution in [0, 0.1) is 0 Å². The molecule has 0 radical (unpaired) electrons. The average molecular weight is 345 g/mol. The molecule has 24 heavy (non-hydrogen) atoms. The highest BCUT2D eigenvalue weighted by Crippen LogP contribution is 2.43. The van der Waals surface area contributed by atoms with Crippen LogP contribution in [0.15, 0.2) is 15.8 Å². The maximum absolute atomic E-state index is 12.2. The SMILES string of the molecule is CN[C@@]1(OC)[C@H](O)[C@@H](CO)O[C@@]1(C)n1cc(C(=O)O)c(=O)[nH]c1=O. The Morgan fingerprint density at radius 1 is 1.54 bits per heavy atom. The lowest BCUT2D eigenvalue weighted by Gasteiger charge is -2.42. The molecule has 2 heterocycles. The number of carbonyl (C=O) groups is 1. The lowest BCUT2D eigenvalue weighted by molar-refractivity contribution is -0.213. The fraction of sp³-hybridized carbons (Fsp3) is 0.615. The maximum atomic E-state index is 12.2. The molecule has 0 bridgehead atoms. The number of methoxy groups -OCH3 is 1. The summed E-state index contributed by atoms with van der Waals surface area (Å²) in [6, 6.07) is 0. The first-order valence-electron chi connectivity index (χ1n) is 6.99. The van der Waals surface area contributed by atoms with Crippen LogP contribution in [0.3, 0.4) is 0 Å². The zero-order valence-electron chi connectivity index (χ0n) is 13.3. The zero-order chi connectivity index (χ0) is 18.3. The van der Waals surface area contributed by atoms with Crippen LogP contribution in [-0.4, -0.2) is 69.5 Å². The molecule has 0 spiro atoms. The highest BCUT2D eigenvalue weighted by atomic mass is 16.6. The molecule has 1 aliphatic heterocycles. The number of aliphatic hydroxyl groups excluding tert-OH is 2. The van der Waals surface area contributed by atoms with E-state index in [2.05, 4.69) is 5.32 Å². The Labute approximate surface area is 135 Å². The van der Waals surface area contributed by atoms with E-state index in [0.717, 1.165) is 10.8 Å². The number of nitrogens with one attached hydrogen (secondary N) is 2. The molecule has 0 unspecified atom stereocenters. The minimum atomic E-state index is -1.77. The summed E-state index contributed by atoms with van der Waals surface area (Å²) in [6.45, 7) is 0.782. The Kier molecular flexibility index (Phi) is 4.65. The van der Waals surface area contributed by atoms with Crippen molar-refractivity contribution in [2.75, 3.05) is 20.8 Å². The third kappa shape index (κ3) is 2.29. The van der Waals surface area contributed by atoms with Crippen LogP contribution < -0.4 is 16.6 Å². The van der Waals surface area contributed by atoms with E-state index in [4.69, 9.17) is 14.6 Å². The molecule has 1 aliphatic rings. The number of hydrogen-bond acceptors (Lipinski definition) is 8. The molecule has 1 fully saturated rings. The summed E-state index contributed by atoms with van der Waals surface area (Å²) in [5.41, 5.74) is -6.19. The second-order valence-electron chi connectivity index (χ2n) is 5.43. The molecule has 11 heteroatoms. The van der Waals surface area contributed by atoms with E-state index in [0.29, 0.717) is 0 Å². The summed E-state index contributed by atoms with van der Waals surface area (Å²) < 4.78 is 11.8. The van der Waals surface area contributed by atoms with Crippen LogP contribution in [0.25, 0.3) is 0 Å². The van der Waals surface area contributed by atoms with Crippen LogP contribution in [-0.2, 0) is 15.2 Å². The van der Waals surface area contributed by atoms with E-state index in [-0.39, 0.29) is 0 Å². The third-order valence-electron chi connectivity index (χ3n) is 4.34. The number of carboxylic acid groups (broad SMARTS) is 1. The second kappa shape index (κ2) is 6.11. The van der Waals surface area contributed by atoms with E-state index < -0.39 is 53.0 Å². The Balaban J connectivity index is 2.77. The lowest BCUT2D eigenvalue weighted by atomic mass is 9.95. The normalized spacial score (nSPS) is 32.9. The summed E-state index contributed by atoms with van der Waals surface area (Å²) in [6.07, 6.45) is -1.70. The maximum Gasteiger partial charge on any atom is 0.342 e. The van der Waals surface area contributed by atoms with Gasteiger partial charge in [0.15, 0.2) is 11.4 Å². The Morgan fingerprint density at radius 3 is 2.62 bits per heavy atom. The van der Waals surface area contributed by atoms with Gasteiger partial charge in [0.1, 0.15) is 17.8 Å². The van der Waals surface area contributed by atoms with E-state index >= 15 is 0 Å². The number of aromatic carboxylic acids is 1. The zero-order valence-corrected chi connectivity index (χ0v) is 13.3. The quantitative estimate of drug-likeness (QED) is 0.355. The van der Waals surface area contributed by atoms with Crippen LogP contribution in [0.1, 0.15) is 17.3 Å². The van der Waals surface area contributed by atoms with E-state index in [1.54, 1.807) is 0 Å². The number of hydrogen-bond donors (Lipinski definition) is 5. The van der Waals surface area contributed by atoms with Gasteiger partial charge < -0.3 is 24.8 Å². The van der Waals surface area contributed by atoms with Gasteiger partial charge in [-0.05, 0) is 14.0 Å². The van der Waals surface area contributed by atoms with Crippen molar-refractivity contribution < 1.29 is 29.6 Å². The lowest BCUT2D eigenvalue weighted by Crippen LogP contribution is -2.67. The molecule has 134 valence electrons. The van der Waals surface area contributed by atoms with Gasteiger partial charge in [-0.25, -0.2) is 9.59 Å². The molecule has 2 rings (SSSR count). The number of ether oxygens (including phenoxy) is 2. The number of aromatic amines is 1. The first-order chi connectivity index (χ1) is 11.2. The molecule has 1 saturated heterocycles. The van der Waals surface area contributed by atoms with Crippen LogP contribution in [0.2, 0.25) is 0 Å². The second-order valence-corrected chi connectivity index (χ2v) is 5.43. The van der Waals surface area contributed by atoms with Crippen molar-refractivity contribution in [1.82, 2.24) is 14.9 Å². The molecule has 0 aliphatic carbocycles. The average Bonchev–Trinajstić information content (AvgIpc) is 2.75. The Hall–Kier alpha value is -2.05.